The number of aromatic nitrogens is 1. The van der Waals surface area contributed by atoms with E-state index in [-0.39, 0.29) is 5.54 Å². The smallest absolute Gasteiger partial charge is 0.0339 e. The molecule has 18 heavy (non-hydrogen) atoms. The maximum atomic E-state index is 4.24. The summed E-state index contributed by atoms with van der Waals surface area (Å²) in [4.78, 5) is 6.83. The van der Waals surface area contributed by atoms with Crippen LogP contribution in [0.4, 0.5) is 0 Å². The molecule has 1 aromatic heterocycles. The van der Waals surface area contributed by atoms with Gasteiger partial charge in [0, 0.05) is 43.1 Å². The zero-order valence-electron chi connectivity index (χ0n) is 12.0. The Hall–Kier alpha value is -0.930. The Labute approximate surface area is 111 Å². The predicted molar refractivity (Wildman–Crippen MR) is 75.5 cm³/mol. The Bertz CT molecular complexity index is 379. The molecule has 0 bridgehead atoms. The zero-order valence-corrected chi connectivity index (χ0v) is 12.0. The lowest BCUT2D eigenvalue weighted by Crippen LogP contribution is -2.62. The minimum Gasteiger partial charge on any atom is -0.309 e. The highest BCUT2D eigenvalue weighted by atomic mass is 15.3. The van der Waals surface area contributed by atoms with Gasteiger partial charge in [0.2, 0.25) is 0 Å². The maximum absolute atomic E-state index is 4.24. The van der Waals surface area contributed by atoms with Crippen molar-refractivity contribution in [3.05, 3.63) is 30.1 Å². The summed E-state index contributed by atoms with van der Waals surface area (Å²) in [5, 5.41) is 3.67. The van der Waals surface area contributed by atoms with Gasteiger partial charge in [-0.1, -0.05) is 13.0 Å². The molecule has 0 amide bonds. The van der Waals surface area contributed by atoms with Crippen molar-refractivity contribution in [1.29, 1.82) is 0 Å². The first kappa shape index (κ1) is 13.5. The molecule has 0 aromatic carbocycles. The van der Waals surface area contributed by atoms with Crippen LogP contribution in [0.15, 0.2) is 24.5 Å². The van der Waals surface area contributed by atoms with E-state index in [1.165, 1.54) is 5.56 Å². The first-order valence-electron chi connectivity index (χ1n) is 6.96. The van der Waals surface area contributed by atoms with E-state index in [4.69, 9.17) is 0 Å². The Balaban J connectivity index is 2.15. The van der Waals surface area contributed by atoms with Gasteiger partial charge in [-0.15, -0.1) is 0 Å². The first-order valence-corrected chi connectivity index (χ1v) is 6.96. The highest BCUT2D eigenvalue weighted by Gasteiger charge is 2.35. The van der Waals surface area contributed by atoms with Crippen molar-refractivity contribution < 1.29 is 0 Å². The highest BCUT2D eigenvalue weighted by molar-refractivity contribution is 5.14. The number of piperazine rings is 1. The number of hydrogen-bond acceptors (Lipinski definition) is 3. The van der Waals surface area contributed by atoms with Gasteiger partial charge in [-0.25, -0.2) is 0 Å². The quantitative estimate of drug-likeness (QED) is 0.890. The number of pyridine rings is 1. The van der Waals surface area contributed by atoms with Crippen LogP contribution in [0.25, 0.3) is 0 Å². The fourth-order valence-electron chi connectivity index (χ4n) is 2.70. The van der Waals surface area contributed by atoms with E-state index >= 15 is 0 Å². The van der Waals surface area contributed by atoms with Crippen LogP contribution in [0, 0.1) is 0 Å². The molecule has 3 atom stereocenters. The van der Waals surface area contributed by atoms with Crippen molar-refractivity contribution in [3.63, 3.8) is 0 Å². The van der Waals surface area contributed by atoms with E-state index < -0.39 is 0 Å². The lowest BCUT2D eigenvalue weighted by atomic mass is 9.92. The first-order chi connectivity index (χ1) is 8.56. The molecule has 3 nitrogen and oxygen atoms in total. The van der Waals surface area contributed by atoms with Crippen LogP contribution in [0.5, 0.6) is 0 Å². The highest BCUT2D eigenvalue weighted by Crippen LogP contribution is 2.27. The van der Waals surface area contributed by atoms with Gasteiger partial charge in [0.15, 0.2) is 0 Å². The van der Waals surface area contributed by atoms with Crippen LogP contribution in [-0.2, 0) is 0 Å². The van der Waals surface area contributed by atoms with E-state index in [0.29, 0.717) is 12.1 Å². The minimum atomic E-state index is 0.239. The van der Waals surface area contributed by atoms with E-state index in [0.717, 1.165) is 19.5 Å². The molecule has 0 radical (unpaired) electrons. The van der Waals surface area contributed by atoms with Crippen molar-refractivity contribution in [1.82, 2.24) is 15.2 Å². The number of nitrogens with one attached hydrogen (secondary N) is 1. The molecule has 3 heteroatoms. The van der Waals surface area contributed by atoms with E-state index in [2.05, 4.69) is 49.0 Å². The van der Waals surface area contributed by atoms with Gasteiger partial charge in [0.1, 0.15) is 0 Å². The second kappa shape index (κ2) is 5.37. The SMILES string of the molecule is CCC1(C)CN(C(C)c2cccnc2)C(C)CN1. The second-order valence-electron chi connectivity index (χ2n) is 5.78. The monoisotopic (exact) mass is 247 g/mol. The summed E-state index contributed by atoms with van der Waals surface area (Å²) in [6, 6.07) is 5.20. The molecule has 2 heterocycles. The summed E-state index contributed by atoms with van der Waals surface area (Å²) >= 11 is 0. The molecule has 1 N–H and O–H groups in total. The molecular formula is C15H25N3. The molecule has 1 aromatic rings. The van der Waals surface area contributed by atoms with Gasteiger partial charge in [0.25, 0.3) is 0 Å². The minimum absolute atomic E-state index is 0.239. The van der Waals surface area contributed by atoms with Gasteiger partial charge in [0.05, 0.1) is 0 Å². The molecule has 3 unspecified atom stereocenters. The summed E-state index contributed by atoms with van der Waals surface area (Å²) in [6.07, 6.45) is 4.99. The fourth-order valence-corrected chi connectivity index (χ4v) is 2.70. The molecule has 0 saturated carbocycles. The van der Waals surface area contributed by atoms with Crippen LogP contribution in [0.2, 0.25) is 0 Å². The number of hydrogen-bond donors (Lipinski definition) is 1. The fraction of sp³-hybridized carbons (Fsp3) is 0.667. The van der Waals surface area contributed by atoms with Crippen LogP contribution in [0.1, 0.15) is 45.7 Å². The van der Waals surface area contributed by atoms with Crippen LogP contribution >= 0.6 is 0 Å². The molecule has 1 aliphatic rings. The third-order valence-corrected chi connectivity index (χ3v) is 4.37. The van der Waals surface area contributed by atoms with Crippen molar-refractivity contribution in [2.45, 2.75) is 51.7 Å². The third-order valence-electron chi connectivity index (χ3n) is 4.37. The van der Waals surface area contributed by atoms with Gasteiger partial charge >= 0.3 is 0 Å². The van der Waals surface area contributed by atoms with Gasteiger partial charge < -0.3 is 5.32 Å². The van der Waals surface area contributed by atoms with Crippen LogP contribution in [-0.4, -0.2) is 34.6 Å². The van der Waals surface area contributed by atoms with Crippen molar-refractivity contribution in [2.75, 3.05) is 13.1 Å². The van der Waals surface area contributed by atoms with E-state index in [1.807, 2.05) is 18.5 Å². The summed E-state index contributed by atoms with van der Waals surface area (Å²) in [7, 11) is 0. The number of rotatable bonds is 3. The normalized spacial score (nSPS) is 31.2. The Morgan fingerprint density at radius 2 is 2.39 bits per heavy atom. The lowest BCUT2D eigenvalue weighted by molar-refractivity contribution is 0.0596. The standard InChI is InChI=1S/C15H25N3/c1-5-15(4)11-18(12(2)9-17-15)13(3)14-7-6-8-16-10-14/h6-8,10,12-13,17H,5,9,11H2,1-4H3. The summed E-state index contributed by atoms with van der Waals surface area (Å²) in [5.41, 5.74) is 1.55. The summed E-state index contributed by atoms with van der Waals surface area (Å²) in [6.45, 7) is 11.3. The molecule has 2 rings (SSSR count). The largest absolute Gasteiger partial charge is 0.309 e. The average molecular weight is 247 g/mol. The predicted octanol–water partition coefficient (Wildman–Crippen LogP) is 2.61. The zero-order chi connectivity index (χ0) is 13.2. The molecule has 100 valence electrons. The third kappa shape index (κ3) is 2.73. The van der Waals surface area contributed by atoms with Crippen LogP contribution in [0.3, 0.4) is 0 Å². The Kier molecular flexibility index (Phi) is 4.03. The molecule has 1 saturated heterocycles. The summed E-state index contributed by atoms with van der Waals surface area (Å²) in [5.74, 6) is 0. The Morgan fingerprint density at radius 1 is 1.61 bits per heavy atom. The van der Waals surface area contributed by atoms with Crippen molar-refractivity contribution >= 4 is 0 Å². The average Bonchev–Trinajstić information content (AvgIpc) is 2.42. The molecule has 0 aliphatic carbocycles. The van der Waals surface area contributed by atoms with Crippen molar-refractivity contribution in [2.24, 2.45) is 0 Å². The van der Waals surface area contributed by atoms with Crippen LogP contribution < -0.4 is 5.32 Å². The second-order valence-corrected chi connectivity index (χ2v) is 5.78. The molecule has 1 aliphatic heterocycles. The van der Waals surface area contributed by atoms with E-state index in [9.17, 15) is 0 Å². The molecular weight excluding hydrogens is 222 g/mol. The van der Waals surface area contributed by atoms with E-state index in [1.54, 1.807) is 0 Å². The maximum Gasteiger partial charge on any atom is 0.0339 e. The van der Waals surface area contributed by atoms with Crippen molar-refractivity contribution in [3.8, 4) is 0 Å². The lowest BCUT2D eigenvalue weighted by Gasteiger charge is -2.47. The van der Waals surface area contributed by atoms with Gasteiger partial charge in [-0.2, -0.15) is 0 Å². The number of nitrogens with zero attached hydrogens (tertiary/aromatic N) is 2. The van der Waals surface area contributed by atoms with Gasteiger partial charge in [-0.05, 0) is 38.8 Å². The molecule has 1 fully saturated rings. The van der Waals surface area contributed by atoms with Gasteiger partial charge in [-0.3, -0.25) is 9.88 Å². The topological polar surface area (TPSA) is 28.2 Å². The molecule has 0 spiro atoms. The summed E-state index contributed by atoms with van der Waals surface area (Å²) < 4.78 is 0. The Morgan fingerprint density at radius 3 is 3.00 bits per heavy atom.